The first-order chi connectivity index (χ1) is 9.69. The third-order valence-electron chi connectivity index (χ3n) is 3.17. The van der Waals surface area contributed by atoms with Crippen LogP contribution in [-0.2, 0) is 4.74 Å². The topological polar surface area (TPSA) is 52.3 Å². The Morgan fingerprint density at radius 3 is 2.70 bits per heavy atom. The summed E-state index contributed by atoms with van der Waals surface area (Å²) in [5, 5.41) is 0. The average Bonchev–Trinajstić information content (AvgIpc) is 3.19. The lowest BCUT2D eigenvalue weighted by Crippen LogP contribution is -2.05. The molecule has 1 aliphatic carbocycles. The number of esters is 1. The molecule has 0 amide bonds. The van der Waals surface area contributed by atoms with E-state index in [-0.39, 0.29) is 5.76 Å². The molecule has 1 aromatic heterocycles. The van der Waals surface area contributed by atoms with Crippen molar-refractivity contribution < 1.29 is 13.9 Å². The van der Waals surface area contributed by atoms with Crippen LogP contribution in [0.15, 0.2) is 33.2 Å². The average molecular weight is 336 g/mol. The van der Waals surface area contributed by atoms with E-state index in [0.29, 0.717) is 18.4 Å². The van der Waals surface area contributed by atoms with E-state index in [9.17, 15) is 4.79 Å². The second-order valence-corrected chi connectivity index (χ2v) is 5.65. The molecule has 1 heterocycles. The Bertz CT molecular complexity index is 629. The molecule has 0 saturated heterocycles. The van der Waals surface area contributed by atoms with Crippen LogP contribution in [0.2, 0.25) is 0 Å². The standard InChI is InChI=1S/C15H14BrNO3/c1-2-19-15(18)13-12(9-3-4-9)17-14(20-13)10-5-7-11(16)8-6-10/h5-9H,2-4H2,1H3. The molecule has 0 unspecified atom stereocenters. The molecular formula is C15H14BrNO3. The van der Waals surface area contributed by atoms with Gasteiger partial charge in [0.1, 0.15) is 0 Å². The predicted molar refractivity (Wildman–Crippen MR) is 77.6 cm³/mol. The summed E-state index contributed by atoms with van der Waals surface area (Å²) in [7, 11) is 0. The highest BCUT2D eigenvalue weighted by Gasteiger charge is 2.34. The first-order valence-electron chi connectivity index (χ1n) is 6.63. The summed E-state index contributed by atoms with van der Waals surface area (Å²) in [6.45, 7) is 2.11. The van der Waals surface area contributed by atoms with E-state index in [1.54, 1.807) is 6.92 Å². The lowest BCUT2D eigenvalue weighted by molar-refractivity contribution is 0.0489. The molecule has 0 atom stereocenters. The van der Waals surface area contributed by atoms with Crippen molar-refractivity contribution >= 4 is 21.9 Å². The molecule has 1 fully saturated rings. The van der Waals surface area contributed by atoms with Gasteiger partial charge in [-0.1, -0.05) is 15.9 Å². The molecule has 0 N–H and O–H groups in total. The highest BCUT2D eigenvalue weighted by molar-refractivity contribution is 9.10. The molecule has 0 spiro atoms. The minimum Gasteiger partial charge on any atom is -0.460 e. The number of oxazole rings is 1. The number of carbonyl (C=O) groups is 1. The van der Waals surface area contributed by atoms with Crippen LogP contribution in [0.4, 0.5) is 0 Å². The fraction of sp³-hybridized carbons (Fsp3) is 0.333. The number of ether oxygens (including phenoxy) is 1. The number of hydrogen-bond donors (Lipinski definition) is 0. The number of halogens is 1. The molecular weight excluding hydrogens is 322 g/mol. The molecule has 20 heavy (non-hydrogen) atoms. The Morgan fingerprint density at radius 1 is 1.40 bits per heavy atom. The number of rotatable bonds is 4. The van der Waals surface area contributed by atoms with E-state index < -0.39 is 5.97 Å². The summed E-state index contributed by atoms with van der Waals surface area (Å²) in [4.78, 5) is 16.4. The van der Waals surface area contributed by atoms with Crippen molar-refractivity contribution in [2.24, 2.45) is 0 Å². The van der Waals surface area contributed by atoms with Gasteiger partial charge in [0.05, 0.1) is 12.3 Å². The maximum absolute atomic E-state index is 11.9. The van der Waals surface area contributed by atoms with Crippen molar-refractivity contribution in [3.8, 4) is 11.5 Å². The minimum atomic E-state index is -0.426. The Morgan fingerprint density at radius 2 is 2.10 bits per heavy atom. The molecule has 3 rings (SSSR count). The lowest BCUT2D eigenvalue weighted by atomic mass is 10.2. The molecule has 4 nitrogen and oxygen atoms in total. The molecule has 1 aromatic carbocycles. The van der Waals surface area contributed by atoms with Gasteiger partial charge >= 0.3 is 5.97 Å². The summed E-state index contributed by atoms with van der Waals surface area (Å²) < 4.78 is 11.7. The van der Waals surface area contributed by atoms with Gasteiger partial charge in [-0.15, -0.1) is 0 Å². The Hall–Kier alpha value is -1.62. The van der Waals surface area contributed by atoms with Crippen molar-refractivity contribution in [1.29, 1.82) is 0 Å². The number of aromatic nitrogens is 1. The van der Waals surface area contributed by atoms with Gasteiger partial charge in [-0.25, -0.2) is 9.78 Å². The van der Waals surface area contributed by atoms with Gasteiger partial charge in [0, 0.05) is 16.0 Å². The fourth-order valence-corrected chi connectivity index (χ4v) is 2.29. The number of hydrogen-bond acceptors (Lipinski definition) is 4. The summed E-state index contributed by atoms with van der Waals surface area (Å²) in [6.07, 6.45) is 2.11. The Kier molecular flexibility index (Phi) is 3.61. The summed E-state index contributed by atoms with van der Waals surface area (Å²) in [6, 6.07) is 7.64. The highest BCUT2D eigenvalue weighted by Crippen LogP contribution is 2.42. The van der Waals surface area contributed by atoms with Gasteiger partial charge in [0.25, 0.3) is 0 Å². The largest absolute Gasteiger partial charge is 0.460 e. The smallest absolute Gasteiger partial charge is 0.376 e. The first-order valence-corrected chi connectivity index (χ1v) is 7.42. The van der Waals surface area contributed by atoms with Crippen molar-refractivity contribution in [1.82, 2.24) is 4.98 Å². The SMILES string of the molecule is CCOC(=O)c1oc(-c2ccc(Br)cc2)nc1C1CC1. The zero-order valence-corrected chi connectivity index (χ0v) is 12.6. The number of carbonyl (C=O) groups excluding carboxylic acids is 1. The van der Waals surface area contributed by atoms with E-state index in [1.165, 1.54) is 0 Å². The van der Waals surface area contributed by atoms with E-state index in [1.807, 2.05) is 24.3 Å². The lowest BCUT2D eigenvalue weighted by Gasteiger charge is -1.99. The molecule has 104 valence electrons. The summed E-state index contributed by atoms with van der Waals surface area (Å²) >= 11 is 3.39. The van der Waals surface area contributed by atoms with Gasteiger partial charge in [0.15, 0.2) is 0 Å². The van der Waals surface area contributed by atoms with Crippen LogP contribution >= 0.6 is 15.9 Å². The van der Waals surface area contributed by atoms with Gasteiger partial charge in [-0.2, -0.15) is 0 Å². The summed E-state index contributed by atoms with van der Waals surface area (Å²) in [5.74, 6) is 0.641. The second kappa shape index (κ2) is 5.40. The zero-order valence-electron chi connectivity index (χ0n) is 11.1. The van der Waals surface area contributed by atoms with Crippen LogP contribution < -0.4 is 0 Å². The molecule has 0 aliphatic heterocycles. The minimum absolute atomic E-state index is 0.257. The molecule has 5 heteroatoms. The van der Waals surface area contributed by atoms with E-state index in [0.717, 1.165) is 28.6 Å². The monoisotopic (exact) mass is 335 g/mol. The third-order valence-corrected chi connectivity index (χ3v) is 3.70. The maximum Gasteiger partial charge on any atom is 0.376 e. The molecule has 0 radical (unpaired) electrons. The van der Waals surface area contributed by atoms with Crippen LogP contribution in [0.25, 0.3) is 11.5 Å². The molecule has 1 aliphatic rings. The van der Waals surface area contributed by atoms with Crippen molar-refractivity contribution in [3.63, 3.8) is 0 Å². The van der Waals surface area contributed by atoms with Crippen molar-refractivity contribution in [2.45, 2.75) is 25.7 Å². The number of nitrogens with zero attached hydrogens (tertiary/aromatic N) is 1. The van der Waals surface area contributed by atoms with E-state index in [4.69, 9.17) is 9.15 Å². The second-order valence-electron chi connectivity index (χ2n) is 4.74. The number of benzene rings is 1. The van der Waals surface area contributed by atoms with Gasteiger partial charge in [-0.3, -0.25) is 0 Å². The van der Waals surface area contributed by atoms with Crippen LogP contribution in [-0.4, -0.2) is 17.6 Å². The molecule has 1 saturated carbocycles. The van der Waals surface area contributed by atoms with Gasteiger partial charge in [-0.05, 0) is 44.0 Å². The van der Waals surface area contributed by atoms with Crippen LogP contribution in [0, 0.1) is 0 Å². The maximum atomic E-state index is 11.9. The van der Waals surface area contributed by atoms with Crippen LogP contribution in [0.1, 0.15) is 41.9 Å². The fourth-order valence-electron chi connectivity index (χ4n) is 2.02. The third kappa shape index (κ3) is 2.63. The molecule has 2 aromatic rings. The van der Waals surface area contributed by atoms with Crippen molar-refractivity contribution in [2.75, 3.05) is 6.61 Å². The van der Waals surface area contributed by atoms with Crippen LogP contribution in [0.3, 0.4) is 0 Å². The Balaban J connectivity index is 1.98. The zero-order chi connectivity index (χ0) is 14.1. The van der Waals surface area contributed by atoms with E-state index in [2.05, 4.69) is 20.9 Å². The van der Waals surface area contributed by atoms with Crippen molar-refractivity contribution in [3.05, 3.63) is 40.2 Å². The van der Waals surface area contributed by atoms with E-state index >= 15 is 0 Å². The highest BCUT2D eigenvalue weighted by atomic mass is 79.9. The first kappa shape index (κ1) is 13.4. The quantitative estimate of drug-likeness (QED) is 0.787. The molecule has 0 bridgehead atoms. The normalized spacial score (nSPS) is 14.3. The van der Waals surface area contributed by atoms with Crippen LogP contribution in [0.5, 0.6) is 0 Å². The van der Waals surface area contributed by atoms with Gasteiger partial charge < -0.3 is 9.15 Å². The summed E-state index contributed by atoms with van der Waals surface area (Å²) in [5.41, 5.74) is 1.59. The Labute approximate surface area is 125 Å². The van der Waals surface area contributed by atoms with Gasteiger partial charge in [0.2, 0.25) is 11.7 Å². The predicted octanol–water partition coefficient (Wildman–Crippen LogP) is 4.16.